The number of nitrogens with zero attached hydrogens (tertiary/aromatic N) is 2. The van der Waals surface area contributed by atoms with Gasteiger partial charge in [0.25, 0.3) is 0 Å². The first kappa shape index (κ1) is 21.8. The maximum absolute atomic E-state index is 12.9. The standard InChI is InChI=1S/C20H19F3N2O4S/c21-20(22,23)29-18-3-1-2-15(12-18)4-5-19(26)25(13-16-6-9-24-10-7-16)17-8-11-30(27,28)14-17/h1-3,6-12,17H,4-5,13-14H2. The Kier molecular flexibility index (Phi) is 6.45. The maximum atomic E-state index is 12.9. The predicted molar refractivity (Wildman–Crippen MR) is 103 cm³/mol. The van der Waals surface area contributed by atoms with Crippen molar-refractivity contribution in [1.29, 1.82) is 0 Å². The predicted octanol–water partition coefficient (Wildman–Crippen LogP) is 3.25. The van der Waals surface area contributed by atoms with E-state index in [9.17, 15) is 26.4 Å². The highest BCUT2D eigenvalue weighted by atomic mass is 32.2. The Hall–Kier alpha value is -2.88. The minimum Gasteiger partial charge on any atom is -0.406 e. The van der Waals surface area contributed by atoms with Gasteiger partial charge in [0.1, 0.15) is 5.75 Å². The highest BCUT2D eigenvalue weighted by molar-refractivity contribution is 7.94. The van der Waals surface area contributed by atoms with Crippen LogP contribution >= 0.6 is 0 Å². The molecule has 2 aromatic rings. The number of carbonyl (C=O) groups is 1. The van der Waals surface area contributed by atoms with Crippen LogP contribution in [0.15, 0.2) is 60.3 Å². The molecule has 1 aromatic heterocycles. The van der Waals surface area contributed by atoms with Gasteiger partial charge in [-0.15, -0.1) is 13.2 Å². The van der Waals surface area contributed by atoms with Gasteiger partial charge in [0.2, 0.25) is 5.91 Å². The van der Waals surface area contributed by atoms with Crippen molar-refractivity contribution in [2.75, 3.05) is 5.75 Å². The van der Waals surface area contributed by atoms with Crippen molar-refractivity contribution in [2.24, 2.45) is 0 Å². The van der Waals surface area contributed by atoms with Gasteiger partial charge in [-0.1, -0.05) is 12.1 Å². The Morgan fingerprint density at radius 2 is 1.90 bits per heavy atom. The summed E-state index contributed by atoms with van der Waals surface area (Å²) in [4.78, 5) is 18.3. The number of carbonyl (C=O) groups excluding carboxylic acids is 1. The van der Waals surface area contributed by atoms with Gasteiger partial charge in [0.15, 0.2) is 9.84 Å². The smallest absolute Gasteiger partial charge is 0.406 e. The summed E-state index contributed by atoms with van der Waals surface area (Å²) in [5.74, 6) is -0.856. The molecule has 1 aliphatic heterocycles. The third-order valence-corrected chi connectivity index (χ3v) is 5.87. The van der Waals surface area contributed by atoms with E-state index in [-0.39, 0.29) is 36.8 Å². The quantitative estimate of drug-likeness (QED) is 0.661. The molecule has 0 N–H and O–H groups in total. The van der Waals surface area contributed by atoms with Gasteiger partial charge < -0.3 is 9.64 Å². The lowest BCUT2D eigenvalue weighted by atomic mass is 10.1. The Morgan fingerprint density at radius 1 is 1.17 bits per heavy atom. The first-order valence-electron chi connectivity index (χ1n) is 9.05. The fourth-order valence-corrected chi connectivity index (χ4v) is 4.42. The number of halogens is 3. The van der Waals surface area contributed by atoms with E-state index in [0.717, 1.165) is 11.0 Å². The third-order valence-electron chi connectivity index (χ3n) is 4.49. The minimum atomic E-state index is -4.80. The molecule has 0 spiro atoms. The summed E-state index contributed by atoms with van der Waals surface area (Å²) in [6, 6.07) is 8.29. The molecule has 3 rings (SSSR count). The van der Waals surface area contributed by atoms with Crippen LogP contribution in [-0.4, -0.2) is 42.4 Å². The Labute approximate surface area is 171 Å². The molecule has 0 aliphatic carbocycles. The molecule has 1 amide bonds. The van der Waals surface area contributed by atoms with Gasteiger partial charge in [0.05, 0.1) is 11.8 Å². The summed E-state index contributed by atoms with van der Waals surface area (Å²) >= 11 is 0. The minimum absolute atomic E-state index is 0.00490. The molecular weight excluding hydrogens is 421 g/mol. The van der Waals surface area contributed by atoms with Gasteiger partial charge in [-0.2, -0.15) is 0 Å². The second-order valence-corrected chi connectivity index (χ2v) is 8.73. The summed E-state index contributed by atoms with van der Waals surface area (Å²) in [7, 11) is -3.37. The number of rotatable bonds is 7. The highest BCUT2D eigenvalue weighted by Gasteiger charge is 2.32. The van der Waals surface area contributed by atoms with Crippen LogP contribution < -0.4 is 4.74 Å². The number of pyridine rings is 1. The second-order valence-electron chi connectivity index (χ2n) is 6.80. The van der Waals surface area contributed by atoms with Crippen molar-refractivity contribution in [2.45, 2.75) is 31.8 Å². The first-order valence-corrected chi connectivity index (χ1v) is 10.8. The number of aromatic nitrogens is 1. The average Bonchev–Trinajstić information content (AvgIpc) is 3.03. The van der Waals surface area contributed by atoms with Gasteiger partial charge in [-0.05, 0) is 47.9 Å². The van der Waals surface area contributed by atoms with Crippen LogP contribution in [0.4, 0.5) is 13.2 Å². The number of sulfone groups is 1. The molecule has 0 radical (unpaired) electrons. The van der Waals surface area contributed by atoms with Gasteiger partial charge in [0, 0.05) is 30.8 Å². The van der Waals surface area contributed by atoms with Crippen molar-refractivity contribution in [3.05, 3.63) is 71.4 Å². The van der Waals surface area contributed by atoms with Crippen molar-refractivity contribution < 1.29 is 31.1 Å². The number of aryl methyl sites for hydroxylation is 1. The SMILES string of the molecule is O=C(CCc1cccc(OC(F)(F)F)c1)N(Cc1ccncc1)C1C=CS(=O)(=O)C1. The summed E-state index contributed by atoms with van der Waals surface area (Å²) in [6.45, 7) is 0.198. The van der Waals surface area contributed by atoms with Crippen LogP contribution in [0.5, 0.6) is 5.75 Å². The largest absolute Gasteiger partial charge is 0.573 e. The maximum Gasteiger partial charge on any atom is 0.573 e. The monoisotopic (exact) mass is 440 g/mol. The Bertz CT molecular complexity index is 1020. The number of hydrogen-bond acceptors (Lipinski definition) is 5. The molecule has 0 bridgehead atoms. The molecule has 160 valence electrons. The van der Waals surface area contributed by atoms with Crippen molar-refractivity contribution in [3.8, 4) is 5.75 Å². The molecule has 0 saturated heterocycles. The fourth-order valence-electron chi connectivity index (χ4n) is 3.12. The Balaban J connectivity index is 1.70. The first-order chi connectivity index (χ1) is 14.1. The van der Waals surface area contributed by atoms with Crippen LogP contribution in [0.3, 0.4) is 0 Å². The molecule has 1 aliphatic rings. The van der Waals surface area contributed by atoms with E-state index in [2.05, 4.69) is 9.72 Å². The van der Waals surface area contributed by atoms with Crippen LogP contribution in [0.25, 0.3) is 0 Å². The van der Waals surface area contributed by atoms with E-state index < -0.39 is 22.2 Å². The number of benzene rings is 1. The van der Waals surface area contributed by atoms with Gasteiger partial charge in [-0.25, -0.2) is 8.42 Å². The molecular formula is C20H19F3N2O4S. The molecule has 2 heterocycles. The Morgan fingerprint density at radius 3 is 2.53 bits per heavy atom. The van der Waals surface area contributed by atoms with Gasteiger partial charge >= 0.3 is 6.36 Å². The van der Waals surface area contributed by atoms with E-state index in [4.69, 9.17) is 0 Å². The molecule has 1 atom stereocenters. The zero-order chi connectivity index (χ0) is 21.8. The lowest BCUT2D eigenvalue weighted by molar-refractivity contribution is -0.274. The molecule has 6 nitrogen and oxygen atoms in total. The number of hydrogen-bond donors (Lipinski definition) is 0. The molecule has 1 aromatic carbocycles. The van der Waals surface area contributed by atoms with Crippen molar-refractivity contribution in [1.82, 2.24) is 9.88 Å². The van der Waals surface area contributed by atoms with Crippen LogP contribution in [0.1, 0.15) is 17.5 Å². The third kappa shape index (κ3) is 6.31. The zero-order valence-electron chi connectivity index (χ0n) is 15.7. The number of ether oxygens (including phenoxy) is 1. The molecule has 0 fully saturated rings. The number of amides is 1. The second kappa shape index (κ2) is 8.86. The summed E-state index contributed by atoms with van der Waals surface area (Å²) in [5, 5.41) is 1.10. The zero-order valence-corrected chi connectivity index (χ0v) is 16.6. The van der Waals surface area contributed by atoms with Crippen LogP contribution in [0, 0.1) is 0 Å². The molecule has 30 heavy (non-hydrogen) atoms. The molecule has 1 unspecified atom stereocenters. The van der Waals surface area contributed by atoms with E-state index in [1.165, 1.54) is 29.2 Å². The lowest BCUT2D eigenvalue weighted by Gasteiger charge is -2.28. The highest BCUT2D eigenvalue weighted by Crippen LogP contribution is 2.24. The molecule has 0 saturated carbocycles. The van der Waals surface area contributed by atoms with Crippen molar-refractivity contribution >= 4 is 15.7 Å². The summed E-state index contributed by atoms with van der Waals surface area (Å²) in [6.07, 6.45) is 0.0217. The van der Waals surface area contributed by atoms with Crippen LogP contribution in [-0.2, 0) is 27.6 Å². The van der Waals surface area contributed by atoms with E-state index >= 15 is 0 Å². The van der Waals surface area contributed by atoms with E-state index in [1.807, 2.05) is 0 Å². The lowest BCUT2D eigenvalue weighted by Crippen LogP contribution is -2.40. The number of alkyl halides is 3. The van der Waals surface area contributed by atoms with Gasteiger partial charge in [-0.3, -0.25) is 9.78 Å². The van der Waals surface area contributed by atoms with E-state index in [1.54, 1.807) is 30.6 Å². The average molecular weight is 440 g/mol. The topological polar surface area (TPSA) is 76.6 Å². The van der Waals surface area contributed by atoms with Crippen molar-refractivity contribution in [3.63, 3.8) is 0 Å². The van der Waals surface area contributed by atoms with Crippen LogP contribution in [0.2, 0.25) is 0 Å². The normalized spacial score (nSPS) is 17.6. The summed E-state index contributed by atoms with van der Waals surface area (Å²) in [5.41, 5.74) is 1.29. The molecule has 10 heteroatoms. The van der Waals surface area contributed by atoms with E-state index in [0.29, 0.717) is 5.56 Å². The summed E-state index contributed by atoms with van der Waals surface area (Å²) < 4.78 is 64.7. The fraction of sp³-hybridized carbons (Fsp3) is 0.300.